The molecule has 3 aliphatic heterocycles. The summed E-state index contributed by atoms with van der Waals surface area (Å²) in [5.74, 6) is 0.629. The Balaban J connectivity index is 1.48. The molecule has 0 bridgehead atoms. The van der Waals surface area contributed by atoms with Gasteiger partial charge in [-0.05, 0) is 48.6 Å². The summed E-state index contributed by atoms with van der Waals surface area (Å²) in [6, 6.07) is 5.21. The van der Waals surface area contributed by atoms with Crippen LogP contribution in [0.15, 0.2) is 23.1 Å². The van der Waals surface area contributed by atoms with E-state index in [2.05, 4.69) is 18.7 Å². The summed E-state index contributed by atoms with van der Waals surface area (Å²) in [5.41, 5.74) is 6.65. The number of ether oxygens (including phenoxy) is 2. The highest BCUT2D eigenvalue weighted by Gasteiger charge is 2.34. The summed E-state index contributed by atoms with van der Waals surface area (Å²) in [7, 11) is -1.66. The lowest BCUT2D eigenvalue weighted by Gasteiger charge is -2.34. The number of nitrogens with zero attached hydrogens (tertiary/aromatic N) is 3. The average molecular weight is 472 g/mol. The number of unbranched alkanes of at least 4 members (excludes halogenated alkanes) is 1. The molecule has 0 fully saturated rings. The van der Waals surface area contributed by atoms with E-state index in [0.717, 1.165) is 49.2 Å². The first-order chi connectivity index (χ1) is 15.9. The lowest BCUT2D eigenvalue weighted by Crippen LogP contribution is -2.38. The van der Waals surface area contributed by atoms with E-state index in [-0.39, 0.29) is 11.0 Å². The van der Waals surface area contributed by atoms with Crippen molar-refractivity contribution in [3.8, 4) is 5.75 Å². The quantitative estimate of drug-likeness (QED) is 0.665. The molecular weight excluding hydrogens is 438 g/mol. The Kier molecular flexibility index (Phi) is 6.09. The van der Waals surface area contributed by atoms with E-state index in [1.54, 1.807) is 16.4 Å². The van der Waals surface area contributed by atoms with Crippen molar-refractivity contribution < 1.29 is 17.9 Å². The van der Waals surface area contributed by atoms with Crippen LogP contribution >= 0.6 is 0 Å². The standard InChI is InChI=1S/C25H33N3O4S/c1-4-5-6-22-19-13-17(2)32-16-21(19)20-15-28(10-9-23(20)26-22)33(29,30)18-7-8-24-25(14-18)31-12-11-27(24)3/h7-8,14,17H,4-6,9-13,15-16H2,1-3H3/t17-/m0/s1. The van der Waals surface area contributed by atoms with Crippen molar-refractivity contribution in [2.75, 3.05) is 31.6 Å². The van der Waals surface area contributed by atoms with Gasteiger partial charge in [0.25, 0.3) is 0 Å². The van der Waals surface area contributed by atoms with Gasteiger partial charge in [-0.3, -0.25) is 4.98 Å². The molecule has 4 heterocycles. The Morgan fingerprint density at radius 3 is 2.85 bits per heavy atom. The summed E-state index contributed by atoms with van der Waals surface area (Å²) in [5, 5.41) is 0. The van der Waals surface area contributed by atoms with Gasteiger partial charge in [0.05, 0.1) is 29.8 Å². The van der Waals surface area contributed by atoms with Crippen LogP contribution in [0, 0.1) is 0 Å². The molecule has 0 amide bonds. The highest BCUT2D eigenvalue weighted by molar-refractivity contribution is 7.89. The topological polar surface area (TPSA) is 72.0 Å². The second-order valence-electron chi connectivity index (χ2n) is 9.36. The third kappa shape index (κ3) is 4.13. The Hall–Kier alpha value is -2.16. The predicted octanol–water partition coefficient (Wildman–Crippen LogP) is 3.46. The van der Waals surface area contributed by atoms with Crippen LogP contribution in [-0.2, 0) is 47.2 Å². The van der Waals surface area contributed by atoms with E-state index in [4.69, 9.17) is 14.5 Å². The summed E-state index contributed by atoms with van der Waals surface area (Å²) >= 11 is 0. The van der Waals surface area contributed by atoms with Gasteiger partial charge in [0.2, 0.25) is 10.0 Å². The molecule has 7 nitrogen and oxygen atoms in total. The van der Waals surface area contributed by atoms with Gasteiger partial charge in [0.15, 0.2) is 0 Å². The normalized spacial score (nSPS) is 20.6. The van der Waals surface area contributed by atoms with Crippen molar-refractivity contribution in [2.24, 2.45) is 0 Å². The second kappa shape index (κ2) is 8.89. The van der Waals surface area contributed by atoms with Gasteiger partial charge in [0.1, 0.15) is 12.4 Å². The van der Waals surface area contributed by atoms with E-state index in [1.165, 1.54) is 16.8 Å². The Bertz CT molecular complexity index is 1160. The minimum Gasteiger partial charge on any atom is -0.490 e. The first-order valence-electron chi connectivity index (χ1n) is 12.0. The van der Waals surface area contributed by atoms with Crippen molar-refractivity contribution >= 4 is 15.7 Å². The molecule has 8 heteroatoms. The zero-order valence-corrected chi connectivity index (χ0v) is 20.6. The molecule has 1 aromatic heterocycles. The van der Waals surface area contributed by atoms with Gasteiger partial charge in [-0.1, -0.05) is 13.3 Å². The molecule has 33 heavy (non-hydrogen) atoms. The number of hydrogen-bond donors (Lipinski definition) is 0. The highest BCUT2D eigenvalue weighted by Crippen LogP contribution is 2.36. The summed E-state index contributed by atoms with van der Waals surface area (Å²) in [6.07, 6.45) is 4.85. The molecule has 178 valence electrons. The number of pyridine rings is 1. The molecule has 0 aliphatic carbocycles. The maximum Gasteiger partial charge on any atom is 0.243 e. The van der Waals surface area contributed by atoms with Crippen LogP contribution in [-0.4, -0.2) is 50.6 Å². The zero-order valence-electron chi connectivity index (χ0n) is 19.8. The van der Waals surface area contributed by atoms with E-state index < -0.39 is 10.0 Å². The van der Waals surface area contributed by atoms with Crippen molar-refractivity contribution in [1.29, 1.82) is 0 Å². The van der Waals surface area contributed by atoms with E-state index in [1.807, 2.05) is 13.1 Å². The molecule has 5 rings (SSSR count). The van der Waals surface area contributed by atoms with Gasteiger partial charge >= 0.3 is 0 Å². The fourth-order valence-electron chi connectivity index (χ4n) is 5.10. The lowest BCUT2D eigenvalue weighted by molar-refractivity contribution is 0.0395. The molecule has 0 saturated carbocycles. The minimum absolute atomic E-state index is 0.162. The molecule has 1 aromatic carbocycles. The summed E-state index contributed by atoms with van der Waals surface area (Å²) in [6.45, 7) is 6.96. The SMILES string of the molecule is CCCCc1nc2c(c3c1C[C@H](C)OC3)CN(S(=O)(=O)c1ccc3c(c1)OCCN3C)CC2. The third-order valence-corrected chi connectivity index (χ3v) is 8.90. The molecule has 2 aromatic rings. The number of anilines is 1. The maximum atomic E-state index is 13.6. The summed E-state index contributed by atoms with van der Waals surface area (Å²) < 4.78 is 40.5. The molecular formula is C25H33N3O4S. The van der Waals surface area contributed by atoms with Crippen LogP contribution in [0.1, 0.15) is 54.8 Å². The van der Waals surface area contributed by atoms with Gasteiger partial charge in [-0.15, -0.1) is 0 Å². The number of likely N-dealkylation sites (N-methyl/N-ethyl adjacent to an activating group) is 1. The third-order valence-electron chi connectivity index (χ3n) is 7.06. The number of fused-ring (bicyclic) bond motifs is 4. The molecule has 0 unspecified atom stereocenters. The molecule has 3 aliphatic rings. The van der Waals surface area contributed by atoms with Crippen molar-refractivity contribution in [3.05, 3.63) is 46.3 Å². The first kappa shape index (κ1) is 22.6. The number of hydrogen-bond acceptors (Lipinski definition) is 6. The molecule has 1 atom stereocenters. The molecule has 0 spiro atoms. The Labute approximate surface area is 196 Å². The monoisotopic (exact) mass is 471 g/mol. The molecule has 0 N–H and O–H groups in total. The van der Waals surface area contributed by atoms with Crippen LogP contribution in [0.4, 0.5) is 5.69 Å². The van der Waals surface area contributed by atoms with Crippen molar-refractivity contribution in [3.63, 3.8) is 0 Å². The van der Waals surface area contributed by atoms with Crippen molar-refractivity contribution in [2.45, 2.75) is 70.1 Å². The van der Waals surface area contributed by atoms with E-state index >= 15 is 0 Å². The Morgan fingerprint density at radius 1 is 1.18 bits per heavy atom. The highest BCUT2D eigenvalue weighted by atomic mass is 32.2. The van der Waals surface area contributed by atoms with Crippen LogP contribution in [0.25, 0.3) is 0 Å². The largest absolute Gasteiger partial charge is 0.490 e. The van der Waals surface area contributed by atoms with Gasteiger partial charge in [-0.25, -0.2) is 8.42 Å². The zero-order chi connectivity index (χ0) is 23.2. The van der Waals surface area contributed by atoms with Crippen LogP contribution < -0.4 is 9.64 Å². The predicted molar refractivity (Wildman–Crippen MR) is 127 cm³/mol. The Morgan fingerprint density at radius 2 is 2.03 bits per heavy atom. The van der Waals surface area contributed by atoms with Gasteiger partial charge in [-0.2, -0.15) is 4.31 Å². The van der Waals surface area contributed by atoms with E-state index in [0.29, 0.717) is 38.5 Å². The fourth-order valence-corrected chi connectivity index (χ4v) is 6.52. The van der Waals surface area contributed by atoms with E-state index in [9.17, 15) is 8.42 Å². The minimum atomic E-state index is -3.65. The smallest absolute Gasteiger partial charge is 0.243 e. The fraction of sp³-hybridized carbons (Fsp3) is 0.560. The summed E-state index contributed by atoms with van der Waals surface area (Å²) in [4.78, 5) is 7.42. The number of sulfonamides is 1. The number of rotatable bonds is 5. The number of aryl methyl sites for hydroxylation is 1. The second-order valence-corrected chi connectivity index (χ2v) is 11.3. The van der Waals surface area contributed by atoms with Crippen LogP contribution in [0.2, 0.25) is 0 Å². The van der Waals surface area contributed by atoms with Crippen LogP contribution in [0.3, 0.4) is 0 Å². The van der Waals surface area contributed by atoms with Gasteiger partial charge in [0, 0.05) is 50.4 Å². The van der Waals surface area contributed by atoms with Crippen LogP contribution in [0.5, 0.6) is 5.75 Å². The maximum absolute atomic E-state index is 13.6. The number of aromatic nitrogens is 1. The lowest BCUT2D eigenvalue weighted by atomic mass is 9.89. The number of benzene rings is 1. The molecule has 0 radical (unpaired) electrons. The van der Waals surface area contributed by atoms with Crippen molar-refractivity contribution in [1.82, 2.24) is 9.29 Å². The van der Waals surface area contributed by atoms with Gasteiger partial charge < -0.3 is 14.4 Å². The molecule has 0 saturated heterocycles. The average Bonchev–Trinajstić information content (AvgIpc) is 2.82. The first-order valence-corrected chi connectivity index (χ1v) is 13.4.